The molecule has 0 saturated carbocycles. The number of benzene rings is 1. The minimum atomic E-state index is -0.700. The van der Waals surface area contributed by atoms with Crippen LogP contribution in [0.25, 0.3) is 0 Å². The molecule has 1 aliphatic heterocycles. The molecule has 7 heteroatoms. The van der Waals surface area contributed by atoms with E-state index in [2.05, 4.69) is 34.9 Å². The number of piperidine rings is 1. The molecule has 1 aromatic carbocycles. The molecule has 0 aliphatic carbocycles. The van der Waals surface area contributed by atoms with Gasteiger partial charge in [-0.15, -0.1) is 0 Å². The van der Waals surface area contributed by atoms with Crippen molar-refractivity contribution >= 4 is 17.5 Å². The Labute approximate surface area is 165 Å². The Bertz CT molecular complexity index is 823. The summed E-state index contributed by atoms with van der Waals surface area (Å²) in [5.74, 6) is 0.228. The monoisotopic (exact) mass is 383 g/mol. The van der Waals surface area contributed by atoms with Crippen molar-refractivity contribution in [2.45, 2.75) is 39.2 Å². The second-order valence-corrected chi connectivity index (χ2v) is 7.82. The average molecular weight is 383 g/mol. The summed E-state index contributed by atoms with van der Waals surface area (Å²) in [6.45, 7) is 8.18. The van der Waals surface area contributed by atoms with Crippen LogP contribution in [-0.2, 0) is 10.3 Å². The van der Waals surface area contributed by atoms with Gasteiger partial charge in [-0.05, 0) is 68.6 Å². The maximum Gasteiger partial charge on any atom is 0.252 e. The fourth-order valence-electron chi connectivity index (χ4n) is 3.51. The van der Waals surface area contributed by atoms with Crippen molar-refractivity contribution in [2.24, 2.45) is 5.92 Å². The molecule has 0 radical (unpaired) electrons. The molecule has 150 valence electrons. The van der Waals surface area contributed by atoms with Gasteiger partial charge in [-0.25, -0.2) is 0 Å². The van der Waals surface area contributed by atoms with E-state index in [9.17, 15) is 9.59 Å². The lowest BCUT2D eigenvalue weighted by atomic mass is 9.87. The van der Waals surface area contributed by atoms with Crippen LogP contribution in [0.15, 0.2) is 36.7 Å². The Kier molecular flexibility index (Phi) is 6.14. The number of hydrogen-bond donors (Lipinski definition) is 3. The lowest BCUT2D eigenvalue weighted by Gasteiger charge is -2.36. The van der Waals surface area contributed by atoms with E-state index in [1.54, 1.807) is 23.0 Å². The second-order valence-electron chi connectivity index (χ2n) is 7.82. The molecule has 1 saturated heterocycles. The van der Waals surface area contributed by atoms with Gasteiger partial charge in [-0.2, -0.15) is 5.10 Å². The van der Waals surface area contributed by atoms with Crippen molar-refractivity contribution in [3.8, 4) is 0 Å². The van der Waals surface area contributed by atoms with Crippen LogP contribution >= 0.6 is 0 Å². The van der Waals surface area contributed by atoms with Crippen molar-refractivity contribution < 1.29 is 9.59 Å². The van der Waals surface area contributed by atoms with E-state index in [-0.39, 0.29) is 11.8 Å². The van der Waals surface area contributed by atoms with Gasteiger partial charge < -0.3 is 16.0 Å². The minimum Gasteiger partial charge on any atom is -0.352 e. The van der Waals surface area contributed by atoms with Crippen molar-refractivity contribution in [1.29, 1.82) is 0 Å². The van der Waals surface area contributed by atoms with Crippen LogP contribution in [0.1, 0.15) is 42.6 Å². The molecule has 28 heavy (non-hydrogen) atoms. The predicted octanol–water partition coefficient (Wildman–Crippen LogP) is 2.29. The van der Waals surface area contributed by atoms with Crippen LogP contribution in [0.2, 0.25) is 0 Å². The SMILES string of the molecule is Cc1cc(C(=O)NCC(C)C)ccc1NC(=O)C1(n2cccn2)CCNCC1. The fourth-order valence-corrected chi connectivity index (χ4v) is 3.51. The van der Waals surface area contributed by atoms with E-state index in [4.69, 9.17) is 0 Å². The van der Waals surface area contributed by atoms with E-state index in [0.717, 1.165) is 24.3 Å². The number of carbonyl (C=O) groups is 2. The molecule has 2 aromatic rings. The smallest absolute Gasteiger partial charge is 0.252 e. The third-order valence-corrected chi connectivity index (χ3v) is 5.20. The van der Waals surface area contributed by atoms with Gasteiger partial charge in [-0.3, -0.25) is 14.3 Å². The van der Waals surface area contributed by atoms with Crippen molar-refractivity contribution in [3.63, 3.8) is 0 Å². The average Bonchev–Trinajstić information content (AvgIpc) is 3.23. The van der Waals surface area contributed by atoms with Gasteiger partial charge in [0.05, 0.1) is 0 Å². The van der Waals surface area contributed by atoms with Gasteiger partial charge in [-0.1, -0.05) is 13.8 Å². The van der Waals surface area contributed by atoms with E-state index >= 15 is 0 Å². The van der Waals surface area contributed by atoms with Gasteiger partial charge in [0.2, 0.25) is 0 Å². The predicted molar refractivity (Wildman–Crippen MR) is 109 cm³/mol. The summed E-state index contributed by atoms with van der Waals surface area (Å²) in [4.78, 5) is 25.5. The van der Waals surface area contributed by atoms with Crippen molar-refractivity contribution in [3.05, 3.63) is 47.8 Å². The van der Waals surface area contributed by atoms with E-state index in [1.165, 1.54) is 0 Å². The first-order valence-corrected chi connectivity index (χ1v) is 9.83. The number of hydrogen-bond acceptors (Lipinski definition) is 4. The summed E-state index contributed by atoms with van der Waals surface area (Å²) in [6.07, 6.45) is 4.90. The number of nitrogens with zero attached hydrogens (tertiary/aromatic N) is 2. The largest absolute Gasteiger partial charge is 0.352 e. The Hall–Kier alpha value is -2.67. The number of aryl methyl sites for hydroxylation is 1. The van der Waals surface area contributed by atoms with Gasteiger partial charge in [0.25, 0.3) is 11.8 Å². The molecule has 0 bridgehead atoms. The molecule has 3 rings (SSSR count). The number of carbonyl (C=O) groups excluding carboxylic acids is 2. The molecule has 0 spiro atoms. The first kappa shape index (κ1) is 20.1. The highest BCUT2D eigenvalue weighted by atomic mass is 16.2. The van der Waals surface area contributed by atoms with Crippen LogP contribution in [-0.4, -0.2) is 41.2 Å². The number of aromatic nitrogens is 2. The number of nitrogens with one attached hydrogen (secondary N) is 3. The van der Waals surface area contributed by atoms with Crippen molar-refractivity contribution in [2.75, 3.05) is 25.0 Å². The van der Waals surface area contributed by atoms with Gasteiger partial charge in [0.15, 0.2) is 0 Å². The maximum absolute atomic E-state index is 13.3. The summed E-state index contributed by atoms with van der Waals surface area (Å²) >= 11 is 0. The summed E-state index contributed by atoms with van der Waals surface area (Å²) in [5.41, 5.74) is 1.47. The van der Waals surface area contributed by atoms with Gasteiger partial charge in [0, 0.05) is 30.2 Å². The molecular weight excluding hydrogens is 354 g/mol. The first-order chi connectivity index (χ1) is 13.4. The summed E-state index contributed by atoms with van der Waals surface area (Å²) in [6, 6.07) is 7.21. The Balaban J connectivity index is 1.77. The quantitative estimate of drug-likeness (QED) is 0.714. The lowest BCUT2D eigenvalue weighted by molar-refractivity contribution is -0.126. The molecule has 1 aromatic heterocycles. The molecule has 2 amide bonds. The van der Waals surface area contributed by atoms with Crippen molar-refractivity contribution in [1.82, 2.24) is 20.4 Å². The number of rotatable bonds is 6. The number of amides is 2. The zero-order valence-corrected chi connectivity index (χ0v) is 16.8. The second kappa shape index (κ2) is 8.56. The minimum absolute atomic E-state index is 0.0715. The van der Waals surface area contributed by atoms with Gasteiger partial charge in [0.1, 0.15) is 5.54 Å². The molecule has 0 atom stereocenters. The van der Waals surface area contributed by atoms with Gasteiger partial charge >= 0.3 is 0 Å². The zero-order chi connectivity index (χ0) is 20.1. The third kappa shape index (κ3) is 4.25. The highest BCUT2D eigenvalue weighted by molar-refractivity contribution is 5.99. The maximum atomic E-state index is 13.3. The lowest BCUT2D eigenvalue weighted by Crippen LogP contribution is -2.52. The standard InChI is InChI=1S/C21H29N5O2/c1-15(2)14-23-19(27)17-5-6-18(16(3)13-17)25-20(28)21(7-10-22-11-8-21)26-12-4-9-24-26/h4-6,9,12-13,15,22H,7-8,10-11,14H2,1-3H3,(H,23,27)(H,25,28). The topological polar surface area (TPSA) is 88.1 Å². The van der Waals surface area contributed by atoms with Crippen LogP contribution in [0.3, 0.4) is 0 Å². The number of anilines is 1. The van der Waals surface area contributed by atoms with E-state index < -0.39 is 5.54 Å². The zero-order valence-electron chi connectivity index (χ0n) is 16.8. The van der Waals surface area contributed by atoms with Crippen LogP contribution in [0, 0.1) is 12.8 Å². The summed E-state index contributed by atoms with van der Waals surface area (Å²) in [5, 5.41) is 13.6. The molecule has 1 aliphatic rings. The van der Waals surface area contributed by atoms with Crippen LogP contribution < -0.4 is 16.0 Å². The molecule has 3 N–H and O–H groups in total. The molecule has 2 heterocycles. The summed E-state index contributed by atoms with van der Waals surface area (Å²) in [7, 11) is 0. The van der Waals surface area contributed by atoms with E-state index in [1.807, 2.05) is 25.3 Å². The van der Waals surface area contributed by atoms with E-state index in [0.29, 0.717) is 30.9 Å². The van der Waals surface area contributed by atoms with Crippen LogP contribution in [0.4, 0.5) is 5.69 Å². The normalized spacial score (nSPS) is 16.0. The Morgan fingerprint density at radius 2 is 2.04 bits per heavy atom. The highest BCUT2D eigenvalue weighted by Gasteiger charge is 2.42. The third-order valence-electron chi connectivity index (χ3n) is 5.20. The molecule has 1 fully saturated rings. The molecular formula is C21H29N5O2. The molecule has 0 unspecified atom stereocenters. The highest BCUT2D eigenvalue weighted by Crippen LogP contribution is 2.29. The Morgan fingerprint density at radius 3 is 2.64 bits per heavy atom. The fraction of sp³-hybridized carbons (Fsp3) is 0.476. The molecule has 7 nitrogen and oxygen atoms in total. The van der Waals surface area contributed by atoms with Crippen LogP contribution in [0.5, 0.6) is 0 Å². The summed E-state index contributed by atoms with van der Waals surface area (Å²) < 4.78 is 1.77. The first-order valence-electron chi connectivity index (χ1n) is 9.83. The Morgan fingerprint density at radius 1 is 1.29 bits per heavy atom.